The summed E-state index contributed by atoms with van der Waals surface area (Å²) in [6.07, 6.45) is 4.78. The molecular formula is C15H21NO3S. The molecule has 0 saturated heterocycles. The predicted octanol–water partition coefficient (Wildman–Crippen LogP) is 2.59. The normalized spacial score (nSPS) is 11.2. The maximum Gasteiger partial charge on any atom is 0.328 e. The molecular weight excluding hydrogens is 274 g/mol. The number of rotatable bonds is 8. The van der Waals surface area contributed by atoms with Crippen LogP contribution in [0.4, 0.5) is 0 Å². The number of methoxy groups -OCH3 is 1. The summed E-state index contributed by atoms with van der Waals surface area (Å²) in [6, 6.07) is 5.85. The van der Waals surface area contributed by atoms with E-state index in [1.807, 2.05) is 30.0 Å². The van der Waals surface area contributed by atoms with E-state index in [9.17, 15) is 4.79 Å². The number of benzene rings is 1. The summed E-state index contributed by atoms with van der Waals surface area (Å²) in [4.78, 5) is 12.9. The van der Waals surface area contributed by atoms with Gasteiger partial charge in [-0.25, -0.2) is 4.79 Å². The first kappa shape index (κ1) is 16.6. The predicted molar refractivity (Wildman–Crippen MR) is 84.4 cm³/mol. The highest BCUT2D eigenvalue weighted by Crippen LogP contribution is 2.22. The van der Waals surface area contributed by atoms with Gasteiger partial charge in [0.25, 0.3) is 0 Å². The van der Waals surface area contributed by atoms with Gasteiger partial charge in [-0.1, -0.05) is 6.07 Å². The van der Waals surface area contributed by atoms with Crippen LogP contribution in [0.3, 0.4) is 0 Å². The third-order valence-electron chi connectivity index (χ3n) is 2.83. The number of carboxylic acid groups (broad SMARTS) is 1. The van der Waals surface area contributed by atoms with E-state index in [0.29, 0.717) is 5.75 Å². The largest absolute Gasteiger partial charge is 0.496 e. The summed E-state index contributed by atoms with van der Waals surface area (Å²) in [5.74, 6) is 0.811. The number of ether oxygens (including phenoxy) is 1. The second-order valence-electron chi connectivity index (χ2n) is 4.48. The maximum absolute atomic E-state index is 10.6. The summed E-state index contributed by atoms with van der Waals surface area (Å²) >= 11 is 1.82. The van der Waals surface area contributed by atoms with Crippen LogP contribution in [-0.4, -0.2) is 48.7 Å². The van der Waals surface area contributed by atoms with Gasteiger partial charge in [0.15, 0.2) is 0 Å². The van der Waals surface area contributed by atoms with Crippen molar-refractivity contribution in [2.45, 2.75) is 6.54 Å². The monoisotopic (exact) mass is 295 g/mol. The van der Waals surface area contributed by atoms with E-state index in [2.05, 4.69) is 18.2 Å². The number of hydrogen-bond donors (Lipinski definition) is 1. The molecule has 0 bridgehead atoms. The molecule has 110 valence electrons. The van der Waals surface area contributed by atoms with Crippen molar-refractivity contribution >= 4 is 23.8 Å². The van der Waals surface area contributed by atoms with Crippen LogP contribution < -0.4 is 4.74 Å². The highest BCUT2D eigenvalue weighted by molar-refractivity contribution is 7.98. The van der Waals surface area contributed by atoms with Crippen LogP contribution in [0.1, 0.15) is 11.1 Å². The van der Waals surface area contributed by atoms with E-state index in [0.717, 1.165) is 36.0 Å². The molecule has 20 heavy (non-hydrogen) atoms. The van der Waals surface area contributed by atoms with E-state index in [1.54, 1.807) is 13.2 Å². The Labute approximate surface area is 124 Å². The van der Waals surface area contributed by atoms with Crippen molar-refractivity contribution in [3.05, 3.63) is 35.4 Å². The molecule has 1 N–H and O–H groups in total. The van der Waals surface area contributed by atoms with Crippen LogP contribution in [0.5, 0.6) is 5.75 Å². The van der Waals surface area contributed by atoms with Gasteiger partial charge >= 0.3 is 5.97 Å². The minimum absolute atomic E-state index is 0.679. The molecule has 0 saturated carbocycles. The molecule has 1 aromatic rings. The Balaban J connectivity index is 2.83. The van der Waals surface area contributed by atoms with Gasteiger partial charge in [0.05, 0.1) is 7.11 Å². The SMILES string of the molecule is COc1ccc(CN(C)CCSC)cc1/C=C/C(=O)O. The summed E-state index contributed by atoms with van der Waals surface area (Å²) in [7, 11) is 3.66. The second-order valence-corrected chi connectivity index (χ2v) is 5.46. The third-order valence-corrected chi connectivity index (χ3v) is 3.42. The van der Waals surface area contributed by atoms with Crippen LogP contribution in [-0.2, 0) is 11.3 Å². The summed E-state index contributed by atoms with van der Waals surface area (Å²) in [5.41, 5.74) is 1.92. The Bertz CT molecular complexity index is 474. The van der Waals surface area contributed by atoms with Crippen molar-refractivity contribution in [2.24, 2.45) is 0 Å². The Morgan fingerprint density at radius 1 is 1.50 bits per heavy atom. The zero-order chi connectivity index (χ0) is 15.0. The van der Waals surface area contributed by atoms with Gasteiger partial charge in [0.1, 0.15) is 5.75 Å². The average Bonchev–Trinajstić information content (AvgIpc) is 2.43. The molecule has 0 aliphatic rings. The third kappa shape index (κ3) is 5.67. The molecule has 0 radical (unpaired) electrons. The minimum Gasteiger partial charge on any atom is -0.496 e. The highest BCUT2D eigenvalue weighted by atomic mass is 32.2. The summed E-state index contributed by atoms with van der Waals surface area (Å²) in [6.45, 7) is 1.85. The lowest BCUT2D eigenvalue weighted by Gasteiger charge is -2.17. The molecule has 5 heteroatoms. The fourth-order valence-corrected chi connectivity index (χ4v) is 2.31. The summed E-state index contributed by atoms with van der Waals surface area (Å²) in [5, 5.41) is 8.71. The van der Waals surface area contributed by atoms with Crippen LogP contribution in [0.2, 0.25) is 0 Å². The Morgan fingerprint density at radius 2 is 2.25 bits per heavy atom. The molecule has 0 aromatic heterocycles. The van der Waals surface area contributed by atoms with Gasteiger partial charge in [-0.2, -0.15) is 11.8 Å². The van der Waals surface area contributed by atoms with Crippen LogP contribution in [0.15, 0.2) is 24.3 Å². The van der Waals surface area contributed by atoms with E-state index < -0.39 is 5.97 Å². The van der Waals surface area contributed by atoms with E-state index in [4.69, 9.17) is 9.84 Å². The molecule has 0 heterocycles. The molecule has 0 atom stereocenters. The zero-order valence-corrected chi connectivity index (χ0v) is 12.9. The van der Waals surface area contributed by atoms with Crippen molar-refractivity contribution in [3.63, 3.8) is 0 Å². The number of carbonyl (C=O) groups is 1. The second kappa shape index (κ2) is 8.66. The van der Waals surface area contributed by atoms with Crippen molar-refractivity contribution in [2.75, 3.05) is 32.7 Å². The van der Waals surface area contributed by atoms with Crippen molar-refractivity contribution in [3.8, 4) is 5.75 Å². The van der Waals surface area contributed by atoms with Crippen molar-refractivity contribution in [1.82, 2.24) is 4.90 Å². The lowest BCUT2D eigenvalue weighted by molar-refractivity contribution is -0.131. The number of aliphatic carboxylic acids is 1. The molecule has 0 fully saturated rings. The fourth-order valence-electron chi connectivity index (χ4n) is 1.81. The van der Waals surface area contributed by atoms with Gasteiger partial charge in [-0.05, 0) is 37.1 Å². The molecule has 1 rings (SSSR count). The quantitative estimate of drug-likeness (QED) is 0.747. The smallest absolute Gasteiger partial charge is 0.328 e. The van der Waals surface area contributed by atoms with Gasteiger partial charge in [-0.15, -0.1) is 0 Å². The topological polar surface area (TPSA) is 49.8 Å². The molecule has 0 spiro atoms. The van der Waals surface area contributed by atoms with E-state index in [-0.39, 0.29) is 0 Å². The van der Waals surface area contributed by atoms with Crippen LogP contribution >= 0.6 is 11.8 Å². The standard InChI is InChI=1S/C15H21NO3S/c1-16(8-9-20-3)11-12-4-6-14(19-2)13(10-12)5-7-15(17)18/h4-7,10H,8-9,11H2,1-3H3,(H,17,18)/b7-5+. The Morgan fingerprint density at radius 3 is 2.85 bits per heavy atom. The Hall–Kier alpha value is -1.46. The van der Waals surface area contributed by atoms with Crippen molar-refractivity contribution in [1.29, 1.82) is 0 Å². The van der Waals surface area contributed by atoms with Gasteiger partial charge in [-0.3, -0.25) is 0 Å². The highest BCUT2D eigenvalue weighted by Gasteiger charge is 2.05. The molecule has 0 aliphatic heterocycles. The zero-order valence-electron chi connectivity index (χ0n) is 12.1. The van der Waals surface area contributed by atoms with E-state index in [1.165, 1.54) is 0 Å². The first-order valence-electron chi connectivity index (χ1n) is 6.32. The minimum atomic E-state index is -0.963. The van der Waals surface area contributed by atoms with Crippen LogP contribution in [0.25, 0.3) is 6.08 Å². The fraction of sp³-hybridized carbons (Fsp3) is 0.400. The van der Waals surface area contributed by atoms with Gasteiger partial charge in [0.2, 0.25) is 0 Å². The number of hydrogen-bond acceptors (Lipinski definition) is 4. The number of thioether (sulfide) groups is 1. The molecule has 4 nitrogen and oxygen atoms in total. The van der Waals surface area contributed by atoms with Gasteiger partial charge < -0.3 is 14.7 Å². The lowest BCUT2D eigenvalue weighted by atomic mass is 10.1. The summed E-state index contributed by atoms with van der Waals surface area (Å²) < 4.78 is 5.24. The number of carboxylic acids is 1. The first-order valence-corrected chi connectivity index (χ1v) is 7.71. The molecule has 0 aliphatic carbocycles. The van der Waals surface area contributed by atoms with E-state index >= 15 is 0 Å². The molecule has 1 aromatic carbocycles. The van der Waals surface area contributed by atoms with Gasteiger partial charge in [0, 0.05) is 30.5 Å². The number of nitrogens with zero attached hydrogens (tertiary/aromatic N) is 1. The Kier molecular flexibility index (Phi) is 7.18. The van der Waals surface area contributed by atoms with Crippen molar-refractivity contribution < 1.29 is 14.6 Å². The first-order chi connectivity index (χ1) is 9.56. The molecule has 0 unspecified atom stereocenters. The maximum atomic E-state index is 10.6. The van der Waals surface area contributed by atoms with Crippen LogP contribution in [0, 0.1) is 0 Å². The lowest BCUT2D eigenvalue weighted by Crippen LogP contribution is -2.20. The average molecular weight is 295 g/mol. The molecule has 0 amide bonds.